The summed E-state index contributed by atoms with van der Waals surface area (Å²) in [7, 11) is 3.82. The number of rotatable bonds is 17. The molecule has 142 valence electrons. The van der Waals surface area contributed by atoms with Crippen LogP contribution in [0, 0.1) is 0 Å². The molecule has 0 spiro atoms. The summed E-state index contributed by atoms with van der Waals surface area (Å²) in [4.78, 5) is 22.2. The van der Waals surface area contributed by atoms with Crippen molar-refractivity contribution in [2.45, 2.75) is 50.6 Å². The molecule has 0 saturated heterocycles. The van der Waals surface area contributed by atoms with Crippen LogP contribution in [-0.4, -0.2) is 74.9 Å². The Morgan fingerprint density at radius 1 is 0.792 bits per heavy atom. The van der Waals surface area contributed by atoms with E-state index in [-0.39, 0.29) is 12.1 Å². The second-order valence-corrected chi connectivity index (χ2v) is 6.16. The largest absolute Gasteiger partial charge is 0.330 e. The van der Waals surface area contributed by atoms with Crippen molar-refractivity contribution in [1.29, 1.82) is 0 Å². The van der Waals surface area contributed by atoms with Gasteiger partial charge in [0.05, 0.1) is 12.1 Å². The minimum Gasteiger partial charge on any atom is -0.330 e. The van der Waals surface area contributed by atoms with E-state index >= 15 is 0 Å². The lowest BCUT2D eigenvalue weighted by Crippen LogP contribution is -2.49. The normalized spacial score (nSPS) is 14.1. The van der Waals surface area contributed by atoms with Crippen LogP contribution in [-0.2, 0) is 9.59 Å². The summed E-state index contributed by atoms with van der Waals surface area (Å²) in [5.74, 6) is 0. The van der Waals surface area contributed by atoms with Gasteiger partial charge in [0.25, 0.3) is 0 Å². The highest BCUT2D eigenvalue weighted by Gasteiger charge is 2.12. The van der Waals surface area contributed by atoms with E-state index in [1.807, 2.05) is 24.1 Å². The zero-order valence-electron chi connectivity index (χ0n) is 15.2. The van der Waals surface area contributed by atoms with Crippen molar-refractivity contribution in [3.63, 3.8) is 0 Å². The lowest BCUT2D eigenvalue weighted by atomic mass is 10.1. The van der Waals surface area contributed by atoms with E-state index in [0.29, 0.717) is 13.1 Å². The Morgan fingerprint density at radius 3 is 1.46 bits per heavy atom. The maximum absolute atomic E-state index is 11.1. The zero-order valence-corrected chi connectivity index (χ0v) is 15.2. The summed E-state index contributed by atoms with van der Waals surface area (Å²) in [5, 5.41) is 3.81. The molecule has 0 aliphatic heterocycles. The van der Waals surface area contributed by atoms with E-state index in [2.05, 4.69) is 10.9 Å². The summed E-state index contributed by atoms with van der Waals surface area (Å²) in [6.07, 6.45) is 7.18. The summed E-state index contributed by atoms with van der Waals surface area (Å²) < 4.78 is 0. The number of carbonyl (C=O) groups excluding carboxylic acids is 2. The molecule has 0 aliphatic rings. The van der Waals surface area contributed by atoms with E-state index in [4.69, 9.17) is 11.5 Å². The molecule has 0 aromatic heterocycles. The SMILES string of the molecule is CN(CCN(C)N[C@H](C=O)CCCCN)N[C@H](C=O)CCCCN. The van der Waals surface area contributed by atoms with Crippen LogP contribution in [0.25, 0.3) is 0 Å². The topological polar surface area (TPSA) is 117 Å². The fraction of sp³-hybridized carbons (Fsp3) is 0.875. The van der Waals surface area contributed by atoms with Gasteiger partial charge in [0.2, 0.25) is 0 Å². The summed E-state index contributed by atoms with van der Waals surface area (Å²) in [6, 6.07) is -0.363. The van der Waals surface area contributed by atoms with Crippen molar-refractivity contribution < 1.29 is 9.59 Å². The number of hydrogen-bond acceptors (Lipinski definition) is 8. The van der Waals surface area contributed by atoms with E-state index in [9.17, 15) is 9.59 Å². The number of nitrogens with zero attached hydrogens (tertiary/aromatic N) is 2. The maximum atomic E-state index is 11.1. The minimum atomic E-state index is -0.182. The molecule has 0 heterocycles. The van der Waals surface area contributed by atoms with E-state index in [0.717, 1.165) is 64.2 Å². The quantitative estimate of drug-likeness (QED) is 0.155. The second kappa shape index (κ2) is 15.6. The number of hydrogen-bond donors (Lipinski definition) is 4. The molecular weight excluding hydrogens is 308 g/mol. The van der Waals surface area contributed by atoms with Crippen LogP contribution in [0.2, 0.25) is 0 Å². The molecule has 0 unspecified atom stereocenters. The Hall–Kier alpha value is -0.900. The van der Waals surface area contributed by atoms with Crippen molar-refractivity contribution in [1.82, 2.24) is 20.9 Å². The van der Waals surface area contributed by atoms with Crippen molar-refractivity contribution in [2.75, 3.05) is 40.3 Å². The van der Waals surface area contributed by atoms with Gasteiger partial charge in [-0.25, -0.2) is 20.9 Å². The van der Waals surface area contributed by atoms with Crippen molar-refractivity contribution >= 4 is 12.6 Å². The third-order valence-corrected chi connectivity index (χ3v) is 3.81. The van der Waals surface area contributed by atoms with Crippen LogP contribution in [0.15, 0.2) is 0 Å². The number of aldehydes is 2. The number of unbranched alkanes of at least 4 members (excludes halogenated alkanes) is 2. The Bertz CT molecular complexity index is 289. The first-order valence-electron chi connectivity index (χ1n) is 8.82. The van der Waals surface area contributed by atoms with Crippen LogP contribution < -0.4 is 22.3 Å². The molecule has 8 nitrogen and oxygen atoms in total. The fourth-order valence-electron chi connectivity index (χ4n) is 2.34. The number of nitrogens with one attached hydrogen (secondary N) is 2. The van der Waals surface area contributed by atoms with Gasteiger partial charge in [-0.05, 0) is 38.8 Å². The first-order valence-corrected chi connectivity index (χ1v) is 8.82. The minimum absolute atomic E-state index is 0.182. The smallest absolute Gasteiger partial charge is 0.138 e. The molecule has 2 atom stereocenters. The summed E-state index contributed by atoms with van der Waals surface area (Å²) in [6.45, 7) is 2.75. The highest BCUT2D eigenvalue weighted by molar-refractivity contribution is 5.57. The van der Waals surface area contributed by atoms with Crippen molar-refractivity contribution in [2.24, 2.45) is 11.5 Å². The van der Waals surface area contributed by atoms with Crippen LogP contribution in [0.5, 0.6) is 0 Å². The van der Waals surface area contributed by atoms with Crippen LogP contribution >= 0.6 is 0 Å². The number of nitrogens with two attached hydrogens (primary N) is 2. The lowest BCUT2D eigenvalue weighted by Gasteiger charge is -2.27. The number of hydrazine groups is 2. The van der Waals surface area contributed by atoms with Crippen molar-refractivity contribution in [3.05, 3.63) is 0 Å². The molecule has 0 aliphatic carbocycles. The maximum Gasteiger partial charge on any atom is 0.138 e. The average molecular weight is 345 g/mol. The second-order valence-electron chi connectivity index (χ2n) is 6.16. The van der Waals surface area contributed by atoms with Crippen LogP contribution in [0.4, 0.5) is 0 Å². The summed E-state index contributed by atoms with van der Waals surface area (Å²) >= 11 is 0. The Labute approximate surface area is 146 Å². The molecule has 0 aromatic rings. The number of likely N-dealkylation sites (N-methyl/N-ethyl adjacent to an activating group) is 2. The van der Waals surface area contributed by atoms with E-state index < -0.39 is 0 Å². The van der Waals surface area contributed by atoms with Crippen LogP contribution in [0.3, 0.4) is 0 Å². The van der Waals surface area contributed by atoms with Gasteiger partial charge in [-0.1, -0.05) is 12.8 Å². The molecular formula is C16H36N6O2. The highest BCUT2D eigenvalue weighted by atomic mass is 16.1. The van der Waals surface area contributed by atoms with Gasteiger partial charge in [0.1, 0.15) is 12.6 Å². The molecule has 0 amide bonds. The monoisotopic (exact) mass is 344 g/mol. The van der Waals surface area contributed by atoms with Crippen molar-refractivity contribution in [3.8, 4) is 0 Å². The molecule has 24 heavy (non-hydrogen) atoms. The van der Waals surface area contributed by atoms with Crippen LogP contribution in [0.1, 0.15) is 38.5 Å². The van der Waals surface area contributed by atoms with E-state index in [1.54, 1.807) is 0 Å². The number of carbonyl (C=O) groups is 2. The Balaban J connectivity index is 3.98. The Kier molecular flexibility index (Phi) is 15.0. The van der Waals surface area contributed by atoms with Gasteiger partial charge in [-0.15, -0.1) is 0 Å². The predicted molar refractivity (Wildman–Crippen MR) is 97.0 cm³/mol. The zero-order chi connectivity index (χ0) is 18.2. The van der Waals surface area contributed by atoms with Gasteiger partial charge < -0.3 is 21.1 Å². The standard InChI is InChI=1S/C16H36N6O2/c1-21(19-15(13-23)7-3-5-9-17)11-12-22(2)20-16(14-24)8-4-6-10-18/h13-16,19-20H,3-12,17-18H2,1-2H3/t15-,16-/m0/s1. The Morgan fingerprint density at radius 2 is 1.17 bits per heavy atom. The lowest BCUT2D eigenvalue weighted by molar-refractivity contribution is -0.112. The first kappa shape index (κ1) is 23.1. The molecule has 0 saturated carbocycles. The molecule has 0 fully saturated rings. The first-order chi connectivity index (χ1) is 11.6. The average Bonchev–Trinajstić information content (AvgIpc) is 2.58. The van der Waals surface area contributed by atoms with E-state index in [1.165, 1.54) is 0 Å². The summed E-state index contributed by atoms with van der Waals surface area (Å²) in [5.41, 5.74) is 17.3. The fourth-order valence-corrected chi connectivity index (χ4v) is 2.34. The molecule has 6 N–H and O–H groups in total. The molecule has 0 aromatic carbocycles. The van der Waals surface area contributed by atoms with Gasteiger partial charge in [0.15, 0.2) is 0 Å². The van der Waals surface area contributed by atoms with Gasteiger partial charge in [0, 0.05) is 27.2 Å². The molecule has 0 bridgehead atoms. The van der Waals surface area contributed by atoms with Gasteiger partial charge in [-0.2, -0.15) is 0 Å². The van der Waals surface area contributed by atoms with Gasteiger partial charge in [-0.3, -0.25) is 0 Å². The molecule has 8 heteroatoms. The molecule has 0 radical (unpaired) electrons. The molecule has 0 rings (SSSR count). The third-order valence-electron chi connectivity index (χ3n) is 3.81. The predicted octanol–water partition coefficient (Wildman–Crippen LogP) is -0.748. The van der Waals surface area contributed by atoms with Gasteiger partial charge >= 0.3 is 0 Å². The third kappa shape index (κ3) is 12.5. The highest BCUT2D eigenvalue weighted by Crippen LogP contribution is 2.00.